The Morgan fingerprint density at radius 2 is 1.63 bits per heavy atom. The molecule has 0 saturated heterocycles. The molecular formula is C15H18F4N4O4. The van der Waals surface area contributed by atoms with Crippen LogP contribution in [-0.2, 0) is 28.4 Å². The lowest BCUT2D eigenvalue weighted by molar-refractivity contribution is -0.129. The summed E-state index contributed by atoms with van der Waals surface area (Å²) in [6.45, 7) is 1.49. The van der Waals surface area contributed by atoms with E-state index in [1.807, 2.05) is 0 Å². The molecule has 0 fully saturated rings. The Hall–Kier alpha value is -2.92. The van der Waals surface area contributed by atoms with Gasteiger partial charge in [-0.15, -0.1) is 0 Å². The highest BCUT2D eigenvalue weighted by molar-refractivity contribution is 5.90. The Bertz CT molecular complexity index is 761. The number of carbonyl (C=O) groups excluding carboxylic acids is 2. The molecule has 0 spiro atoms. The second-order valence-electron chi connectivity index (χ2n) is 5.18. The fourth-order valence-corrected chi connectivity index (χ4v) is 1.97. The van der Waals surface area contributed by atoms with Crippen LogP contribution in [0.15, 0.2) is 12.4 Å². The number of alkyl halides is 4. The molecule has 12 heteroatoms. The van der Waals surface area contributed by atoms with Crippen molar-refractivity contribution in [2.24, 2.45) is 14.1 Å². The molecular weight excluding hydrogens is 376 g/mol. The third-order valence-corrected chi connectivity index (χ3v) is 3.04. The summed E-state index contributed by atoms with van der Waals surface area (Å²) in [5.74, 6) is -0.928. The highest BCUT2D eigenvalue weighted by atomic mass is 19.3. The number of ether oxygens (including phenoxy) is 2. The van der Waals surface area contributed by atoms with Crippen molar-refractivity contribution in [2.45, 2.75) is 19.8 Å². The lowest BCUT2D eigenvalue weighted by Gasteiger charge is -2.03. The molecule has 150 valence electrons. The number of carbonyl (C=O) groups is 2. The smallest absolute Gasteiger partial charge is 0.341 e. The van der Waals surface area contributed by atoms with Gasteiger partial charge in [-0.05, 0) is 12.5 Å². The van der Waals surface area contributed by atoms with Crippen molar-refractivity contribution in [3.63, 3.8) is 0 Å². The summed E-state index contributed by atoms with van der Waals surface area (Å²) < 4.78 is 60.3. The van der Waals surface area contributed by atoms with Crippen LogP contribution in [0.5, 0.6) is 0 Å². The summed E-state index contributed by atoms with van der Waals surface area (Å²) in [5.41, 5.74) is -0.512. The molecule has 0 unspecified atom stereocenters. The van der Waals surface area contributed by atoms with Gasteiger partial charge in [-0.1, -0.05) is 0 Å². The monoisotopic (exact) mass is 394 g/mol. The van der Waals surface area contributed by atoms with Gasteiger partial charge in [0.2, 0.25) is 0 Å². The third kappa shape index (κ3) is 6.72. The van der Waals surface area contributed by atoms with E-state index in [1.54, 1.807) is 20.2 Å². The summed E-state index contributed by atoms with van der Waals surface area (Å²) >= 11 is 0. The minimum absolute atomic E-state index is 0.123. The summed E-state index contributed by atoms with van der Waals surface area (Å²) in [6, 6.07) is 0. The summed E-state index contributed by atoms with van der Waals surface area (Å²) in [7, 11) is 3.04. The molecule has 0 N–H and O–H groups in total. The van der Waals surface area contributed by atoms with E-state index in [2.05, 4.69) is 19.7 Å². The average molecular weight is 394 g/mol. The Balaban J connectivity index is 0.000000309. The van der Waals surface area contributed by atoms with Crippen molar-refractivity contribution < 1.29 is 36.6 Å². The van der Waals surface area contributed by atoms with E-state index in [0.29, 0.717) is 5.56 Å². The Kier molecular flexibility index (Phi) is 8.42. The molecule has 2 rings (SSSR count). The number of rotatable bonds is 7. The number of esters is 1. The largest absolute Gasteiger partial charge is 0.464 e. The number of aryl methyl sites for hydroxylation is 3. The summed E-state index contributed by atoms with van der Waals surface area (Å²) in [4.78, 5) is 21.2. The Labute approximate surface area is 151 Å². The molecule has 2 aromatic rings. The molecule has 0 aliphatic carbocycles. The lowest BCUT2D eigenvalue weighted by atomic mass is 10.2. The molecule has 0 aliphatic rings. The highest BCUT2D eigenvalue weighted by Crippen LogP contribution is 2.21. The first-order valence-corrected chi connectivity index (χ1v) is 7.49. The van der Waals surface area contributed by atoms with Gasteiger partial charge < -0.3 is 9.47 Å². The standard InChI is InChI=1S/C9H10F2N2O4.C6H8F2N2/c1-13-4-6(7(12-13)8(10)11)9(15)17-3-2-16-5-14;1-4-3-10(2)9-5(4)6(7)8/h4-5,8H,2-3H2,1H3;3,6H,1-2H3. The number of nitrogens with zero attached hydrogens (tertiary/aromatic N) is 4. The normalized spacial score (nSPS) is 10.6. The molecule has 0 saturated carbocycles. The molecule has 2 heterocycles. The first-order valence-electron chi connectivity index (χ1n) is 7.49. The maximum Gasteiger partial charge on any atom is 0.341 e. The fourth-order valence-electron chi connectivity index (χ4n) is 1.97. The molecule has 0 radical (unpaired) electrons. The van der Waals surface area contributed by atoms with Gasteiger partial charge in [0.1, 0.15) is 30.2 Å². The minimum atomic E-state index is -2.86. The molecule has 0 atom stereocenters. The first-order chi connectivity index (χ1) is 12.7. The quantitative estimate of drug-likeness (QED) is 0.310. The van der Waals surface area contributed by atoms with Crippen molar-refractivity contribution in [3.8, 4) is 0 Å². The molecule has 2 aromatic heterocycles. The van der Waals surface area contributed by atoms with Crippen LogP contribution in [0.3, 0.4) is 0 Å². The predicted octanol–water partition coefficient (Wildman–Crippen LogP) is 2.35. The van der Waals surface area contributed by atoms with E-state index in [9.17, 15) is 27.2 Å². The summed E-state index contributed by atoms with van der Waals surface area (Å²) in [5, 5.41) is 7.03. The molecule has 0 aromatic carbocycles. The van der Waals surface area contributed by atoms with Crippen LogP contribution in [0.25, 0.3) is 0 Å². The van der Waals surface area contributed by atoms with Gasteiger partial charge >= 0.3 is 5.97 Å². The van der Waals surface area contributed by atoms with Crippen LogP contribution in [0.1, 0.15) is 40.2 Å². The van der Waals surface area contributed by atoms with E-state index < -0.39 is 24.5 Å². The van der Waals surface area contributed by atoms with Crippen LogP contribution < -0.4 is 0 Å². The maximum absolute atomic E-state index is 12.5. The zero-order valence-electron chi connectivity index (χ0n) is 14.7. The zero-order valence-corrected chi connectivity index (χ0v) is 14.7. The van der Waals surface area contributed by atoms with E-state index in [0.717, 1.165) is 10.9 Å². The predicted molar refractivity (Wildman–Crippen MR) is 83.4 cm³/mol. The molecule has 0 bridgehead atoms. The second-order valence-corrected chi connectivity index (χ2v) is 5.18. The molecule has 8 nitrogen and oxygen atoms in total. The van der Waals surface area contributed by atoms with Gasteiger partial charge in [-0.3, -0.25) is 14.2 Å². The topological polar surface area (TPSA) is 88.2 Å². The Morgan fingerprint density at radius 3 is 2.07 bits per heavy atom. The van der Waals surface area contributed by atoms with Gasteiger partial charge in [0, 0.05) is 26.5 Å². The number of aromatic nitrogens is 4. The number of hydrogen-bond donors (Lipinski definition) is 0. The fraction of sp³-hybridized carbons (Fsp3) is 0.467. The maximum atomic E-state index is 12.5. The second kappa shape index (κ2) is 10.3. The van der Waals surface area contributed by atoms with Gasteiger partial charge in [0.05, 0.1) is 0 Å². The van der Waals surface area contributed by atoms with Crippen LogP contribution >= 0.6 is 0 Å². The van der Waals surface area contributed by atoms with Crippen molar-refractivity contribution in [2.75, 3.05) is 13.2 Å². The molecule has 27 heavy (non-hydrogen) atoms. The van der Waals surface area contributed by atoms with Crippen LogP contribution in [-0.4, -0.2) is 45.2 Å². The number of hydrogen-bond acceptors (Lipinski definition) is 6. The molecule has 0 aliphatic heterocycles. The van der Waals surface area contributed by atoms with Gasteiger partial charge in [0.25, 0.3) is 19.3 Å². The van der Waals surface area contributed by atoms with Crippen molar-refractivity contribution >= 4 is 12.4 Å². The number of halogens is 4. The van der Waals surface area contributed by atoms with E-state index in [4.69, 9.17) is 0 Å². The highest BCUT2D eigenvalue weighted by Gasteiger charge is 2.23. The summed E-state index contributed by atoms with van der Waals surface area (Å²) in [6.07, 6.45) is -2.60. The zero-order chi connectivity index (χ0) is 20.6. The SMILES string of the molecule is Cc1cn(C)nc1C(F)F.Cn1cc(C(=O)OCCOC=O)c(C(F)F)n1. The van der Waals surface area contributed by atoms with Crippen LogP contribution in [0.4, 0.5) is 17.6 Å². The first kappa shape index (κ1) is 22.1. The van der Waals surface area contributed by atoms with Gasteiger partial charge in [0.15, 0.2) is 0 Å². The average Bonchev–Trinajstić information content (AvgIpc) is 3.14. The minimum Gasteiger partial charge on any atom is -0.464 e. The lowest BCUT2D eigenvalue weighted by Crippen LogP contribution is -2.11. The van der Waals surface area contributed by atoms with E-state index in [1.165, 1.54) is 11.7 Å². The van der Waals surface area contributed by atoms with E-state index >= 15 is 0 Å². The van der Waals surface area contributed by atoms with Gasteiger partial charge in [-0.2, -0.15) is 10.2 Å². The van der Waals surface area contributed by atoms with E-state index in [-0.39, 0.29) is 30.9 Å². The van der Waals surface area contributed by atoms with Crippen LogP contribution in [0.2, 0.25) is 0 Å². The third-order valence-electron chi connectivity index (χ3n) is 3.04. The Morgan fingerprint density at radius 1 is 1.07 bits per heavy atom. The van der Waals surface area contributed by atoms with Crippen LogP contribution in [0, 0.1) is 6.92 Å². The van der Waals surface area contributed by atoms with Crippen molar-refractivity contribution in [1.29, 1.82) is 0 Å². The molecule has 0 amide bonds. The van der Waals surface area contributed by atoms with Crippen molar-refractivity contribution in [3.05, 3.63) is 34.9 Å². The van der Waals surface area contributed by atoms with Crippen molar-refractivity contribution in [1.82, 2.24) is 19.6 Å². The van der Waals surface area contributed by atoms with Gasteiger partial charge in [-0.25, -0.2) is 22.4 Å².